The molecule has 0 aliphatic carbocycles. The summed E-state index contributed by atoms with van der Waals surface area (Å²) in [7, 11) is 0. The highest BCUT2D eigenvalue weighted by Gasteiger charge is 2.35. The van der Waals surface area contributed by atoms with Crippen molar-refractivity contribution in [2.24, 2.45) is 5.41 Å². The van der Waals surface area contributed by atoms with E-state index in [4.69, 9.17) is 4.74 Å². The number of ether oxygens (including phenoxy) is 1. The van der Waals surface area contributed by atoms with Crippen LogP contribution in [0.2, 0.25) is 0 Å². The fraction of sp³-hybridized carbons (Fsp3) is 0.875. The van der Waals surface area contributed by atoms with Gasteiger partial charge in [-0.3, -0.25) is 4.79 Å². The largest absolute Gasteiger partial charge is 0.464 e. The van der Waals surface area contributed by atoms with Gasteiger partial charge in [0.25, 0.3) is 0 Å². The van der Waals surface area contributed by atoms with Gasteiger partial charge in [-0.2, -0.15) is 0 Å². The number of carbonyl (C=O) groups excluding carboxylic acids is 1. The number of rotatable bonds is 0. The summed E-state index contributed by atoms with van der Waals surface area (Å²) in [6, 6.07) is 0. The van der Waals surface area contributed by atoms with Crippen molar-refractivity contribution in [2.45, 2.75) is 26.0 Å². The fourth-order valence-corrected chi connectivity index (χ4v) is 2.17. The molecule has 1 rings (SSSR count). The second kappa shape index (κ2) is 3.05. The molecule has 0 aromatic heterocycles. The molecular formula is C8H14O2S. The van der Waals surface area contributed by atoms with Crippen molar-refractivity contribution in [1.29, 1.82) is 0 Å². The Hall–Kier alpha value is -0.180. The Labute approximate surface area is 71.7 Å². The average molecular weight is 174 g/mol. The highest BCUT2D eigenvalue weighted by molar-refractivity contribution is 8.00. The maximum Gasteiger partial charge on any atom is 0.319 e. The zero-order valence-corrected chi connectivity index (χ0v) is 8.03. The molecule has 0 radical (unpaired) electrons. The van der Waals surface area contributed by atoms with Crippen molar-refractivity contribution >= 4 is 17.7 Å². The SMILES string of the molecule is CC(C)(C)C1SCCOC1=O. The molecular weight excluding hydrogens is 160 g/mol. The summed E-state index contributed by atoms with van der Waals surface area (Å²) in [5.74, 6) is 0.891. The van der Waals surface area contributed by atoms with Crippen LogP contribution in [0.3, 0.4) is 0 Å². The minimum absolute atomic E-state index is 0.0243. The maximum absolute atomic E-state index is 11.2. The van der Waals surface area contributed by atoms with E-state index >= 15 is 0 Å². The molecule has 0 amide bonds. The van der Waals surface area contributed by atoms with Crippen molar-refractivity contribution in [3.8, 4) is 0 Å². The number of cyclic esters (lactones) is 1. The zero-order chi connectivity index (χ0) is 8.48. The van der Waals surface area contributed by atoms with Crippen LogP contribution in [-0.2, 0) is 9.53 Å². The first kappa shape index (κ1) is 8.91. The molecule has 64 valence electrons. The van der Waals surface area contributed by atoms with Crippen LogP contribution in [0.4, 0.5) is 0 Å². The molecule has 2 nitrogen and oxygen atoms in total. The van der Waals surface area contributed by atoms with E-state index in [0.29, 0.717) is 6.61 Å². The van der Waals surface area contributed by atoms with E-state index in [1.54, 1.807) is 11.8 Å². The molecule has 3 heteroatoms. The number of hydrogen-bond acceptors (Lipinski definition) is 3. The molecule has 0 spiro atoms. The lowest BCUT2D eigenvalue weighted by Gasteiger charge is -2.31. The van der Waals surface area contributed by atoms with Gasteiger partial charge >= 0.3 is 5.97 Å². The third-order valence-electron chi connectivity index (χ3n) is 1.61. The maximum atomic E-state index is 11.2. The minimum Gasteiger partial charge on any atom is -0.464 e. The summed E-state index contributed by atoms with van der Waals surface area (Å²) in [5, 5.41) is 0.0243. The Morgan fingerprint density at radius 1 is 1.55 bits per heavy atom. The first-order valence-corrected chi connectivity index (χ1v) is 4.85. The second-order valence-corrected chi connectivity index (χ2v) is 5.00. The Morgan fingerprint density at radius 2 is 2.18 bits per heavy atom. The minimum atomic E-state index is -0.0475. The van der Waals surface area contributed by atoms with Gasteiger partial charge in [0.2, 0.25) is 0 Å². The summed E-state index contributed by atoms with van der Waals surface area (Å²) < 4.78 is 4.96. The fourth-order valence-electron chi connectivity index (χ4n) is 1.06. The van der Waals surface area contributed by atoms with E-state index in [0.717, 1.165) is 5.75 Å². The number of carbonyl (C=O) groups is 1. The summed E-state index contributed by atoms with van der Waals surface area (Å²) in [4.78, 5) is 11.2. The Morgan fingerprint density at radius 3 is 2.55 bits per heavy atom. The van der Waals surface area contributed by atoms with E-state index in [1.807, 2.05) is 0 Å². The Kier molecular flexibility index (Phi) is 2.47. The predicted octanol–water partition coefficient (Wildman–Crippen LogP) is 1.69. The van der Waals surface area contributed by atoms with Crippen molar-refractivity contribution < 1.29 is 9.53 Å². The lowest BCUT2D eigenvalue weighted by atomic mass is 9.92. The van der Waals surface area contributed by atoms with E-state index in [2.05, 4.69) is 20.8 Å². The lowest BCUT2D eigenvalue weighted by Crippen LogP contribution is -2.37. The molecule has 1 saturated heterocycles. The van der Waals surface area contributed by atoms with Crippen LogP contribution in [-0.4, -0.2) is 23.6 Å². The van der Waals surface area contributed by atoms with Crippen molar-refractivity contribution in [3.63, 3.8) is 0 Å². The molecule has 1 aliphatic rings. The molecule has 11 heavy (non-hydrogen) atoms. The predicted molar refractivity (Wildman–Crippen MR) is 46.7 cm³/mol. The van der Waals surface area contributed by atoms with Crippen LogP contribution in [0.5, 0.6) is 0 Å². The normalized spacial score (nSPS) is 26.5. The molecule has 1 fully saturated rings. The highest BCUT2D eigenvalue weighted by Crippen LogP contribution is 2.33. The smallest absolute Gasteiger partial charge is 0.319 e. The van der Waals surface area contributed by atoms with Crippen molar-refractivity contribution in [1.82, 2.24) is 0 Å². The van der Waals surface area contributed by atoms with Crippen LogP contribution >= 0.6 is 11.8 Å². The second-order valence-electron chi connectivity index (χ2n) is 3.78. The van der Waals surface area contributed by atoms with E-state index in [9.17, 15) is 4.79 Å². The molecule has 0 bridgehead atoms. The van der Waals surface area contributed by atoms with Crippen LogP contribution in [0, 0.1) is 5.41 Å². The van der Waals surface area contributed by atoms with E-state index in [1.165, 1.54) is 0 Å². The summed E-state index contributed by atoms with van der Waals surface area (Å²) in [5.41, 5.74) is 0.0299. The first-order valence-electron chi connectivity index (χ1n) is 3.80. The molecule has 1 heterocycles. The average Bonchev–Trinajstić information content (AvgIpc) is 1.86. The standard InChI is InChI=1S/C8H14O2S/c1-8(2,3)6-7(9)10-4-5-11-6/h6H,4-5H2,1-3H3. The monoisotopic (exact) mass is 174 g/mol. The summed E-state index contributed by atoms with van der Waals surface area (Å²) >= 11 is 1.70. The molecule has 0 N–H and O–H groups in total. The van der Waals surface area contributed by atoms with E-state index in [-0.39, 0.29) is 16.6 Å². The third kappa shape index (κ3) is 2.12. The quantitative estimate of drug-likeness (QED) is 0.523. The zero-order valence-electron chi connectivity index (χ0n) is 7.22. The molecule has 0 aromatic rings. The number of thioether (sulfide) groups is 1. The molecule has 1 aliphatic heterocycles. The van der Waals surface area contributed by atoms with Crippen molar-refractivity contribution in [3.05, 3.63) is 0 Å². The third-order valence-corrected chi connectivity index (χ3v) is 3.25. The van der Waals surface area contributed by atoms with Gasteiger partial charge in [-0.25, -0.2) is 0 Å². The summed E-state index contributed by atoms with van der Waals surface area (Å²) in [6.45, 7) is 6.78. The first-order chi connectivity index (χ1) is 5.02. The summed E-state index contributed by atoms with van der Waals surface area (Å²) in [6.07, 6.45) is 0. The highest BCUT2D eigenvalue weighted by atomic mass is 32.2. The molecule has 1 atom stereocenters. The van der Waals surface area contributed by atoms with Crippen molar-refractivity contribution in [2.75, 3.05) is 12.4 Å². The van der Waals surface area contributed by atoms with Gasteiger partial charge in [0.1, 0.15) is 11.9 Å². The molecule has 1 unspecified atom stereocenters. The lowest BCUT2D eigenvalue weighted by molar-refractivity contribution is -0.145. The van der Waals surface area contributed by atoms with Gasteiger partial charge in [-0.15, -0.1) is 11.8 Å². The topological polar surface area (TPSA) is 26.3 Å². The van der Waals surface area contributed by atoms with Gasteiger partial charge < -0.3 is 4.74 Å². The molecule has 0 saturated carbocycles. The van der Waals surface area contributed by atoms with E-state index < -0.39 is 0 Å². The Balaban J connectivity index is 2.62. The van der Waals surface area contributed by atoms with Gasteiger partial charge in [-0.05, 0) is 5.41 Å². The van der Waals surface area contributed by atoms with Crippen LogP contribution in [0.1, 0.15) is 20.8 Å². The van der Waals surface area contributed by atoms with Crippen LogP contribution < -0.4 is 0 Å². The van der Waals surface area contributed by atoms with Gasteiger partial charge in [0.15, 0.2) is 0 Å². The molecule has 0 aromatic carbocycles. The van der Waals surface area contributed by atoms with Gasteiger partial charge in [0.05, 0.1) is 0 Å². The number of esters is 1. The van der Waals surface area contributed by atoms with Gasteiger partial charge in [0, 0.05) is 5.75 Å². The number of hydrogen-bond donors (Lipinski definition) is 0. The van der Waals surface area contributed by atoms with Gasteiger partial charge in [-0.1, -0.05) is 20.8 Å². The van der Waals surface area contributed by atoms with Crippen LogP contribution in [0.15, 0.2) is 0 Å². The Bertz CT molecular complexity index is 160. The van der Waals surface area contributed by atoms with Crippen LogP contribution in [0.25, 0.3) is 0 Å².